The Balaban J connectivity index is 0.954. The fourth-order valence-electron chi connectivity index (χ4n) is 9.16. The molecule has 8 rings (SSSR count). The summed E-state index contributed by atoms with van der Waals surface area (Å²) < 4.78 is 27.6. The summed E-state index contributed by atoms with van der Waals surface area (Å²) in [7, 11) is -3.27. The van der Waals surface area contributed by atoms with E-state index >= 15 is 0 Å². The van der Waals surface area contributed by atoms with Crippen molar-refractivity contribution >= 4 is 38.9 Å². The average molecular weight is 667 g/mol. The highest BCUT2D eigenvalue weighted by Gasteiger charge is 2.55. The standard InChI is InChI=1S/C35H50N6O5S/c1-3-37(4-2)19-20-47(44,45)39-15-13-38(14-16-39)29-9-11-30(12-10-29)40-17-18-41(32-8-6-5-7-31(32)40)46-34(42)36-33-27-21-26-22-28(33)25-35(43,23-26)24-27/h5-12,26-28,33,43H,3-4,13-25H2,1-2H3,(H,36,42)/t26?,27-,28+,33?,35?. The van der Waals surface area contributed by atoms with Gasteiger partial charge < -0.3 is 30.0 Å². The van der Waals surface area contributed by atoms with Crippen molar-refractivity contribution in [2.45, 2.75) is 57.6 Å². The molecule has 4 aliphatic carbocycles. The van der Waals surface area contributed by atoms with E-state index in [0.717, 1.165) is 67.9 Å². The fourth-order valence-corrected chi connectivity index (χ4v) is 10.6. The molecule has 256 valence electrons. The predicted molar refractivity (Wildman–Crippen MR) is 185 cm³/mol. The first-order chi connectivity index (χ1) is 22.6. The zero-order chi connectivity index (χ0) is 32.8. The highest BCUT2D eigenvalue weighted by atomic mass is 32.2. The zero-order valence-corrected chi connectivity index (χ0v) is 28.6. The normalized spacial score (nSPS) is 28.9. The molecule has 0 spiro atoms. The van der Waals surface area contributed by atoms with Crippen LogP contribution in [0, 0.1) is 17.8 Å². The molecule has 1 saturated heterocycles. The Hall–Kier alpha value is -3.06. The number of hydrogen-bond acceptors (Lipinski definition) is 9. The molecule has 5 atom stereocenters. The van der Waals surface area contributed by atoms with E-state index in [1.54, 1.807) is 9.37 Å². The third-order valence-electron chi connectivity index (χ3n) is 11.4. The highest BCUT2D eigenvalue weighted by molar-refractivity contribution is 7.89. The van der Waals surface area contributed by atoms with E-state index < -0.39 is 21.7 Å². The van der Waals surface area contributed by atoms with Crippen molar-refractivity contribution in [3.05, 3.63) is 48.5 Å². The molecule has 5 fully saturated rings. The van der Waals surface area contributed by atoms with Gasteiger partial charge in [0.1, 0.15) is 0 Å². The molecule has 47 heavy (non-hydrogen) atoms. The van der Waals surface area contributed by atoms with Gasteiger partial charge in [0, 0.05) is 56.7 Å². The first kappa shape index (κ1) is 32.5. The van der Waals surface area contributed by atoms with E-state index in [0.29, 0.717) is 63.6 Å². The average Bonchev–Trinajstić information content (AvgIpc) is 3.06. The number of para-hydroxylation sites is 2. The number of rotatable bonds is 10. The van der Waals surface area contributed by atoms with Gasteiger partial charge >= 0.3 is 6.09 Å². The molecule has 6 aliphatic rings. The van der Waals surface area contributed by atoms with Crippen molar-refractivity contribution in [3.63, 3.8) is 0 Å². The number of nitrogens with one attached hydrogen (secondary N) is 1. The summed E-state index contributed by atoms with van der Waals surface area (Å²) in [6.07, 6.45) is 4.22. The SMILES string of the molecule is CCN(CC)CCS(=O)(=O)N1CCN(c2ccc(N3CCN(OC(=O)NC4[C@@H]5CC6C[C@H]4CC(O)(C6)C5)c4ccccc43)cc2)CC1. The van der Waals surface area contributed by atoms with Gasteiger partial charge in [-0.2, -0.15) is 4.31 Å². The molecule has 2 N–H and O–H groups in total. The monoisotopic (exact) mass is 666 g/mol. The van der Waals surface area contributed by atoms with Gasteiger partial charge in [0.2, 0.25) is 10.0 Å². The van der Waals surface area contributed by atoms with Crippen molar-refractivity contribution in [1.29, 1.82) is 0 Å². The lowest BCUT2D eigenvalue weighted by atomic mass is 9.52. The summed E-state index contributed by atoms with van der Waals surface area (Å²) in [6, 6.07) is 16.5. The maximum atomic E-state index is 13.2. The zero-order valence-electron chi connectivity index (χ0n) is 27.8. The molecule has 2 aromatic rings. The number of aliphatic hydroxyl groups is 1. The Morgan fingerprint density at radius 2 is 1.53 bits per heavy atom. The lowest BCUT2D eigenvalue weighted by molar-refractivity contribution is -0.137. The largest absolute Gasteiger partial charge is 0.431 e. The number of fused-ring (bicyclic) bond motifs is 1. The molecule has 2 aliphatic heterocycles. The number of hydrogen-bond donors (Lipinski definition) is 2. The Kier molecular flexibility index (Phi) is 9.05. The Labute approximate surface area is 279 Å². The van der Waals surface area contributed by atoms with Crippen molar-refractivity contribution in [1.82, 2.24) is 14.5 Å². The van der Waals surface area contributed by atoms with E-state index in [1.165, 1.54) is 0 Å². The van der Waals surface area contributed by atoms with Gasteiger partial charge in [-0.05, 0) is 99.3 Å². The molecule has 3 unspecified atom stereocenters. The summed E-state index contributed by atoms with van der Waals surface area (Å²) in [5.74, 6) is 1.40. The topological polar surface area (TPSA) is 109 Å². The second-order valence-electron chi connectivity index (χ2n) is 14.2. The minimum atomic E-state index is -3.27. The van der Waals surface area contributed by atoms with E-state index in [9.17, 15) is 18.3 Å². The number of hydroxylamine groups is 1. The van der Waals surface area contributed by atoms with Gasteiger partial charge in [0.25, 0.3) is 0 Å². The molecular weight excluding hydrogens is 616 g/mol. The molecular formula is C35H50N6O5S. The quantitative estimate of drug-likeness (QED) is 0.389. The number of sulfonamides is 1. The minimum Gasteiger partial charge on any atom is -0.390 e. The number of carbonyl (C=O) groups is 1. The fraction of sp³-hybridized carbons (Fsp3) is 0.629. The molecule has 0 aromatic heterocycles. The van der Waals surface area contributed by atoms with Crippen LogP contribution >= 0.6 is 0 Å². The van der Waals surface area contributed by atoms with Crippen molar-refractivity contribution in [3.8, 4) is 0 Å². The number of amides is 1. The van der Waals surface area contributed by atoms with E-state index in [4.69, 9.17) is 4.84 Å². The van der Waals surface area contributed by atoms with Crippen molar-refractivity contribution < 1.29 is 23.2 Å². The van der Waals surface area contributed by atoms with Gasteiger partial charge in [-0.3, -0.25) is 0 Å². The van der Waals surface area contributed by atoms with Gasteiger partial charge in [-0.25, -0.2) is 18.3 Å². The van der Waals surface area contributed by atoms with Gasteiger partial charge in [-0.1, -0.05) is 26.0 Å². The van der Waals surface area contributed by atoms with Crippen LogP contribution in [0.4, 0.5) is 27.5 Å². The molecule has 11 nitrogen and oxygen atoms in total. The van der Waals surface area contributed by atoms with Crippen LogP contribution in [0.2, 0.25) is 0 Å². The number of benzene rings is 2. The van der Waals surface area contributed by atoms with Crippen LogP contribution in [-0.4, -0.2) is 105 Å². The lowest BCUT2D eigenvalue weighted by Crippen LogP contribution is -2.62. The maximum Gasteiger partial charge on any atom is 0.431 e. The summed E-state index contributed by atoms with van der Waals surface area (Å²) in [4.78, 5) is 25.8. The smallest absolute Gasteiger partial charge is 0.390 e. The molecule has 2 aromatic carbocycles. The molecule has 2 heterocycles. The molecule has 0 radical (unpaired) electrons. The Morgan fingerprint density at radius 1 is 0.894 bits per heavy atom. The summed E-state index contributed by atoms with van der Waals surface area (Å²) in [5.41, 5.74) is 3.41. The van der Waals surface area contributed by atoms with Crippen LogP contribution in [0.25, 0.3) is 0 Å². The second-order valence-corrected chi connectivity index (χ2v) is 16.3. The van der Waals surface area contributed by atoms with Crippen molar-refractivity contribution in [2.24, 2.45) is 17.8 Å². The number of anilines is 4. The van der Waals surface area contributed by atoms with Crippen LogP contribution in [0.3, 0.4) is 0 Å². The van der Waals surface area contributed by atoms with Crippen LogP contribution < -0.4 is 20.2 Å². The number of piperazine rings is 1. The van der Waals surface area contributed by atoms with E-state index in [-0.39, 0.29) is 11.8 Å². The first-order valence-electron chi connectivity index (χ1n) is 17.5. The summed E-state index contributed by atoms with van der Waals surface area (Å²) >= 11 is 0. The minimum absolute atomic E-state index is 0.0688. The molecule has 12 heteroatoms. The maximum absolute atomic E-state index is 13.2. The third kappa shape index (κ3) is 6.66. The molecule has 1 amide bonds. The highest BCUT2D eigenvalue weighted by Crippen LogP contribution is 2.55. The van der Waals surface area contributed by atoms with Crippen LogP contribution in [0.1, 0.15) is 46.0 Å². The predicted octanol–water partition coefficient (Wildman–Crippen LogP) is 4.02. The number of carbonyl (C=O) groups excluding carboxylic acids is 1. The van der Waals surface area contributed by atoms with Crippen molar-refractivity contribution in [2.75, 3.05) is 79.5 Å². The Morgan fingerprint density at radius 3 is 2.17 bits per heavy atom. The molecule has 4 saturated carbocycles. The van der Waals surface area contributed by atoms with Crippen LogP contribution in [0.5, 0.6) is 0 Å². The van der Waals surface area contributed by atoms with Gasteiger partial charge in [-0.15, -0.1) is 0 Å². The lowest BCUT2D eigenvalue weighted by Gasteiger charge is -2.57. The van der Waals surface area contributed by atoms with Crippen LogP contribution in [0.15, 0.2) is 48.5 Å². The van der Waals surface area contributed by atoms with E-state index in [1.807, 2.05) is 18.2 Å². The first-order valence-corrected chi connectivity index (χ1v) is 19.2. The second kappa shape index (κ2) is 13.1. The third-order valence-corrected chi connectivity index (χ3v) is 13.3. The van der Waals surface area contributed by atoms with E-state index in [2.05, 4.69) is 64.2 Å². The molecule has 4 bridgehead atoms. The summed E-state index contributed by atoms with van der Waals surface area (Å²) in [6.45, 7) is 9.90. The summed E-state index contributed by atoms with van der Waals surface area (Å²) in [5, 5.41) is 15.8. The van der Waals surface area contributed by atoms with Crippen LogP contribution in [-0.2, 0) is 14.9 Å². The Bertz CT molecular complexity index is 1510. The number of nitrogens with zero attached hydrogens (tertiary/aromatic N) is 5. The van der Waals surface area contributed by atoms with Gasteiger partial charge in [0.05, 0.1) is 29.3 Å². The van der Waals surface area contributed by atoms with Gasteiger partial charge in [0.15, 0.2) is 0 Å².